The predicted molar refractivity (Wildman–Crippen MR) is 51.3 cm³/mol. The molecular formula is C10H6F3NO2. The number of benzene rings is 1. The van der Waals surface area contributed by atoms with E-state index in [-0.39, 0.29) is 16.5 Å². The number of hydrogen-bond acceptors (Lipinski definition) is 2. The molecule has 84 valence electrons. The summed E-state index contributed by atoms with van der Waals surface area (Å²) in [6.07, 6.45) is -3.50. The predicted octanol–water partition coefficient (Wildman–Crippen LogP) is 2.43. The van der Waals surface area contributed by atoms with Gasteiger partial charge in [-0.2, -0.15) is 0 Å². The highest BCUT2D eigenvalue weighted by Crippen LogP contribution is 2.28. The Kier molecular flexibility index (Phi) is 2.34. The van der Waals surface area contributed by atoms with Crippen molar-refractivity contribution in [3.8, 4) is 5.75 Å². The monoisotopic (exact) mass is 229 g/mol. The quantitative estimate of drug-likeness (QED) is 0.815. The second-order valence-corrected chi connectivity index (χ2v) is 3.07. The molecule has 1 N–H and O–H groups in total. The fourth-order valence-electron chi connectivity index (χ4n) is 1.41. The highest BCUT2D eigenvalue weighted by molar-refractivity contribution is 5.87. The van der Waals surface area contributed by atoms with Crippen LogP contribution in [0.4, 0.5) is 13.2 Å². The van der Waals surface area contributed by atoms with E-state index >= 15 is 0 Å². The fourth-order valence-corrected chi connectivity index (χ4v) is 1.41. The van der Waals surface area contributed by atoms with Gasteiger partial charge in [0.2, 0.25) is 0 Å². The van der Waals surface area contributed by atoms with E-state index in [1.165, 1.54) is 24.4 Å². The standard InChI is InChI=1S/C10H6F3NO2/c11-10(12,13)16-8-3-1-2-7-6(8)4-5-14-9(7)15/h1-5H,(H,14,15). The van der Waals surface area contributed by atoms with E-state index < -0.39 is 11.9 Å². The number of rotatable bonds is 1. The molecule has 0 spiro atoms. The van der Waals surface area contributed by atoms with E-state index in [9.17, 15) is 18.0 Å². The topological polar surface area (TPSA) is 42.1 Å². The molecule has 0 aliphatic rings. The summed E-state index contributed by atoms with van der Waals surface area (Å²) >= 11 is 0. The lowest BCUT2D eigenvalue weighted by Crippen LogP contribution is -2.17. The van der Waals surface area contributed by atoms with E-state index in [1.54, 1.807) is 0 Å². The van der Waals surface area contributed by atoms with Crippen LogP contribution in [0, 0.1) is 0 Å². The molecule has 0 saturated carbocycles. The Morgan fingerprint density at radius 2 is 1.88 bits per heavy atom. The number of fused-ring (bicyclic) bond motifs is 1. The summed E-state index contributed by atoms with van der Waals surface area (Å²) < 4.78 is 40.0. The zero-order valence-electron chi connectivity index (χ0n) is 7.84. The number of aromatic amines is 1. The number of pyridine rings is 1. The van der Waals surface area contributed by atoms with Crippen LogP contribution in [0.1, 0.15) is 0 Å². The molecule has 0 amide bonds. The molecule has 0 aliphatic heterocycles. The van der Waals surface area contributed by atoms with Crippen LogP contribution in [-0.4, -0.2) is 11.3 Å². The van der Waals surface area contributed by atoms with Gasteiger partial charge in [0.05, 0.1) is 5.39 Å². The number of ether oxygens (including phenoxy) is 1. The largest absolute Gasteiger partial charge is 0.573 e. The third-order valence-electron chi connectivity index (χ3n) is 2.00. The molecule has 16 heavy (non-hydrogen) atoms. The molecule has 0 bridgehead atoms. The summed E-state index contributed by atoms with van der Waals surface area (Å²) in [7, 11) is 0. The molecule has 0 unspecified atom stereocenters. The van der Waals surface area contributed by atoms with Gasteiger partial charge in [-0.25, -0.2) is 0 Å². The smallest absolute Gasteiger partial charge is 0.405 e. The minimum Gasteiger partial charge on any atom is -0.405 e. The maximum Gasteiger partial charge on any atom is 0.573 e. The third kappa shape index (κ3) is 2.00. The number of hydrogen-bond donors (Lipinski definition) is 1. The molecular weight excluding hydrogens is 223 g/mol. The van der Waals surface area contributed by atoms with Crippen molar-refractivity contribution in [3.63, 3.8) is 0 Å². The number of H-pyrrole nitrogens is 1. The van der Waals surface area contributed by atoms with Crippen LogP contribution in [-0.2, 0) is 0 Å². The van der Waals surface area contributed by atoms with E-state index in [2.05, 4.69) is 9.72 Å². The van der Waals surface area contributed by atoms with Crippen molar-refractivity contribution >= 4 is 10.8 Å². The Labute approximate surface area is 87.5 Å². The van der Waals surface area contributed by atoms with Gasteiger partial charge in [-0.1, -0.05) is 6.07 Å². The Morgan fingerprint density at radius 1 is 1.12 bits per heavy atom. The van der Waals surface area contributed by atoms with Crippen molar-refractivity contribution in [2.45, 2.75) is 6.36 Å². The molecule has 1 heterocycles. The molecule has 1 aromatic carbocycles. The van der Waals surface area contributed by atoms with Gasteiger partial charge in [0, 0.05) is 11.6 Å². The Balaban J connectivity index is 2.63. The Hall–Kier alpha value is -1.98. The summed E-state index contributed by atoms with van der Waals surface area (Å²) in [6.45, 7) is 0. The van der Waals surface area contributed by atoms with E-state index in [1.807, 2.05) is 0 Å². The number of alkyl halides is 3. The lowest BCUT2D eigenvalue weighted by Gasteiger charge is -2.10. The third-order valence-corrected chi connectivity index (χ3v) is 2.00. The minimum atomic E-state index is -4.77. The lowest BCUT2D eigenvalue weighted by molar-refractivity contribution is -0.274. The van der Waals surface area contributed by atoms with Gasteiger partial charge in [0.15, 0.2) is 0 Å². The van der Waals surface area contributed by atoms with Crippen molar-refractivity contribution in [2.75, 3.05) is 0 Å². The summed E-state index contributed by atoms with van der Waals surface area (Å²) in [5.74, 6) is -0.379. The van der Waals surface area contributed by atoms with Gasteiger partial charge >= 0.3 is 6.36 Å². The van der Waals surface area contributed by atoms with Gasteiger partial charge in [-0.15, -0.1) is 13.2 Å². The summed E-state index contributed by atoms with van der Waals surface area (Å²) in [4.78, 5) is 13.7. The highest BCUT2D eigenvalue weighted by Gasteiger charge is 2.31. The van der Waals surface area contributed by atoms with Gasteiger partial charge in [0.1, 0.15) is 5.75 Å². The molecule has 0 atom stereocenters. The first-order valence-corrected chi connectivity index (χ1v) is 4.33. The normalized spacial score (nSPS) is 11.7. The average Bonchev–Trinajstić information content (AvgIpc) is 2.17. The SMILES string of the molecule is O=c1[nH]ccc2c(OC(F)(F)F)cccc12. The molecule has 0 radical (unpaired) electrons. The minimum absolute atomic E-state index is 0.128. The molecule has 0 fully saturated rings. The Bertz CT molecular complexity index is 574. The van der Waals surface area contributed by atoms with E-state index in [0.717, 1.165) is 6.07 Å². The molecule has 3 nitrogen and oxygen atoms in total. The van der Waals surface area contributed by atoms with Crippen molar-refractivity contribution in [2.24, 2.45) is 0 Å². The summed E-state index contributed by atoms with van der Waals surface area (Å²) in [5.41, 5.74) is -0.454. The zero-order chi connectivity index (χ0) is 11.8. The molecule has 0 aliphatic carbocycles. The van der Waals surface area contributed by atoms with Crippen LogP contribution >= 0.6 is 0 Å². The van der Waals surface area contributed by atoms with E-state index in [0.29, 0.717) is 0 Å². The summed E-state index contributed by atoms with van der Waals surface area (Å²) in [6, 6.07) is 5.28. The van der Waals surface area contributed by atoms with Gasteiger partial charge in [-0.3, -0.25) is 4.79 Å². The molecule has 2 rings (SSSR count). The maximum absolute atomic E-state index is 12.1. The molecule has 2 aromatic rings. The second-order valence-electron chi connectivity index (χ2n) is 3.07. The van der Waals surface area contributed by atoms with Crippen LogP contribution in [0.2, 0.25) is 0 Å². The number of halogens is 3. The highest BCUT2D eigenvalue weighted by atomic mass is 19.4. The fraction of sp³-hybridized carbons (Fsp3) is 0.100. The van der Waals surface area contributed by atoms with Gasteiger partial charge in [-0.05, 0) is 18.2 Å². The van der Waals surface area contributed by atoms with Crippen LogP contribution in [0.15, 0.2) is 35.3 Å². The zero-order valence-corrected chi connectivity index (χ0v) is 7.84. The first-order chi connectivity index (χ1) is 7.47. The van der Waals surface area contributed by atoms with Crippen molar-refractivity contribution < 1.29 is 17.9 Å². The maximum atomic E-state index is 12.1. The first kappa shape index (κ1) is 10.5. The Morgan fingerprint density at radius 3 is 2.56 bits per heavy atom. The summed E-state index contributed by atoms with van der Waals surface area (Å²) in [5, 5.41) is 0.285. The van der Waals surface area contributed by atoms with Crippen molar-refractivity contribution in [3.05, 3.63) is 40.8 Å². The van der Waals surface area contributed by atoms with Gasteiger partial charge < -0.3 is 9.72 Å². The first-order valence-electron chi connectivity index (χ1n) is 4.33. The van der Waals surface area contributed by atoms with Crippen molar-refractivity contribution in [1.29, 1.82) is 0 Å². The molecule has 0 saturated heterocycles. The molecule has 6 heteroatoms. The van der Waals surface area contributed by atoms with Crippen LogP contribution in [0.3, 0.4) is 0 Å². The van der Waals surface area contributed by atoms with E-state index in [4.69, 9.17) is 0 Å². The average molecular weight is 229 g/mol. The van der Waals surface area contributed by atoms with Crippen LogP contribution < -0.4 is 10.3 Å². The van der Waals surface area contributed by atoms with Gasteiger partial charge in [0.25, 0.3) is 5.56 Å². The number of nitrogens with one attached hydrogen (secondary N) is 1. The number of aromatic nitrogens is 1. The van der Waals surface area contributed by atoms with Crippen molar-refractivity contribution in [1.82, 2.24) is 4.98 Å². The lowest BCUT2D eigenvalue weighted by atomic mass is 10.1. The van der Waals surface area contributed by atoms with Crippen LogP contribution in [0.5, 0.6) is 5.75 Å². The second kappa shape index (κ2) is 3.55. The van der Waals surface area contributed by atoms with Crippen LogP contribution in [0.25, 0.3) is 10.8 Å². The molecule has 1 aromatic heterocycles.